The number of phosphoric ester groups is 1. The molecule has 0 heterocycles. The predicted octanol–water partition coefficient (Wildman–Crippen LogP) is 5.52. The van der Waals surface area contributed by atoms with Crippen LogP contribution in [-0.4, -0.2) is 9.79 Å². The molecular formula is C14H8ClF6O4P. The molecule has 0 spiro atoms. The van der Waals surface area contributed by atoms with Crippen LogP contribution in [0, 0.1) is 0 Å². The van der Waals surface area contributed by atoms with E-state index in [4.69, 9.17) is 21.4 Å². The van der Waals surface area contributed by atoms with Crippen LogP contribution in [0.1, 0.15) is 11.1 Å². The summed E-state index contributed by atoms with van der Waals surface area (Å²) in [5.41, 5.74) is -4.26. The Morgan fingerprint density at radius 1 is 0.885 bits per heavy atom. The molecule has 12 heteroatoms. The fourth-order valence-corrected chi connectivity index (χ4v) is 2.63. The van der Waals surface area contributed by atoms with Crippen LogP contribution >= 0.6 is 19.4 Å². The van der Waals surface area contributed by atoms with Gasteiger partial charge in [-0.05, 0) is 42.0 Å². The fraction of sp³-hybridized carbons (Fsp3) is 0.143. The molecule has 0 atom stereocenters. The lowest BCUT2D eigenvalue weighted by Gasteiger charge is -2.17. The molecule has 2 N–H and O–H groups in total. The summed E-state index contributed by atoms with van der Waals surface area (Å²) in [5.74, 6) is -0.629. The van der Waals surface area contributed by atoms with Crippen LogP contribution in [0.5, 0.6) is 5.75 Å². The third-order valence-corrected chi connectivity index (χ3v) is 3.73. The van der Waals surface area contributed by atoms with Crippen molar-refractivity contribution in [3.05, 3.63) is 52.5 Å². The van der Waals surface area contributed by atoms with E-state index in [1.807, 2.05) is 0 Å². The Hall–Kier alpha value is -1.74. The van der Waals surface area contributed by atoms with E-state index in [1.165, 1.54) is 0 Å². The van der Waals surface area contributed by atoms with Gasteiger partial charge in [0.25, 0.3) is 0 Å². The Balaban J connectivity index is 2.75. The first-order valence-electron chi connectivity index (χ1n) is 6.51. The number of rotatable bonds is 3. The van der Waals surface area contributed by atoms with Gasteiger partial charge in [0.05, 0.1) is 11.1 Å². The van der Waals surface area contributed by atoms with Gasteiger partial charge in [-0.15, -0.1) is 0 Å². The second-order valence-electron chi connectivity index (χ2n) is 5.02. The van der Waals surface area contributed by atoms with E-state index in [9.17, 15) is 30.9 Å². The van der Waals surface area contributed by atoms with Gasteiger partial charge >= 0.3 is 20.2 Å². The third kappa shape index (κ3) is 5.14. The standard InChI is InChI=1S/C14H8ClF6O4P/c15-10-1-2-12(25-26(22,23)24)11(6-10)7-3-8(13(16,17)18)5-9(4-7)14(19,20)21/h1-6H,(H2,22,23,24). The maximum Gasteiger partial charge on any atom is 0.524 e. The van der Waals surface area contributed by atoms with Gasteiger partial charge in [-0.2, -0.15) is 26.3 Å². The van der Waals surface area contributed by atoms with Crippen molar-refractivity contribution in [3.63, 3.8) is 0 Å². The zero-order valence-electron chi connectivity index (χ0n) is 12.3. The van der Waals surface area contributed by atoms with Crippen molar-refractivity contribution in [1.82, 2.24) is 0 Å². The summed E-state index contributed by atoms with van der Waals surface area (Å²) in [6.07, 6.45) is -10.2. The Morgan fingerprint density at radius 2 is 1.38 bits per heavy atom. The van der Waals surface area contributed by atoms with Crippen LogP contribution in [0.4, 0.5) is 26.3 Å². The van der Waals surface area contributed by atoms with Gasteiger partial charge in [0.15, 0.2) is 0 Å². The highest BCUT2D eigenvalue weighted by atomic mass is 35.5. The predicted molar refractivity (Wildman–Crippen MR) is 79.6 cm³/mol. The monoisotopic (exact) mass is 420 g/mol. The van der Waals surface area contributed by atoms with Crippen LogP contribution in [0.15, 0.2) is 36.4 Å². The lowest BCUT2D eigenvalue weighted by Crippen LogP contribution is -2.11. The summed E-state index contributed by atoms with van der Waals surface area (Å²) in [6, 6.07) is 3.68. The summed E-state index contributed by atoms with van der Waals surface area (Å²) in [4.78, 5) is 17.8. The van der Waals surface area contributed by atoms with Crippen LogP contribution in [0.3, 0.4) is 0 Å². The smallest absolute Gasteiger partial charge is 0.404 e. The molecule has 0 aliphatic heterocycles. The fourth-order valence-electron chi connectivity index (χ4n) is 2.05. The minimum atomic E-state index is -5.13. The van der Waals surface area contributed by atoms with Gasteiger partial charge < -0.3 is 4.52 Å². The van der Waals surface area contributed by atoms with Crippen molar-refractivity contribution in [3.8, 4) is 16.9 Å². The Bertz CT molecular complexity index is 842. The first-order valence-corrected chi connectivity index (χ1v) is 8.42. The molecule has 142 valence electrons. The van der Waals surface area contributed by atoms with Crippen molar-refractivity contribution in [1.29, 1.82) is 0 Å². The number of benzene rings is 2. The number of phosphoric acid groups is 1. The van der Waals surface area contributed by atoms with Crippen LogP contribution < -0.4 is 4.52 Å². The highest BCUT2D eigenvalue weighted by molar-refractivity contribution is 7.46. The van der Waals surface area contributed by atoms with Gasteiger partial charge in [-0.25, -0.2) is 4.57 Å². The highest BCUT2D eigenvalue weighted by Crippen LogP contribution is 2.45. The van der Waals surface area contributed by atoms with Gasteiger partial charge in [0, 0.05) is 10.6 Å². The lowest BCUT2D eigenvalue weighted by atomic mass is 9.98. The highest BCUT2D eigenvalue weighted by Gasteiger charge is 2.37. The average Bonchev–Trinajstić information content (AvgIpc) is 2.45. The van der Waals surface area contributed by atoms with Crippen molar-refractivity contribution in [2.75, 3.05) is 0 Å². The van der Waals surface area contributed by atoms with Crippen LogP contribution in [0.2, 0.25) is 5.02 Å². The van der Waals surface area contributed by atoms with E-state index < -0.39 is 48.2 Å². The maximum absolute atomic E-state index is 13.0. The van der Waals surface area contributed by atoms with E-state index >= 15 is 0 Å². The molecular weight excluding hydrogens is 413 g/mol. The topological polar surface area (TPSA) is 66.8 Å². The number of alkyl halides is 6. The quantitative estimate of drug-likeness (QED) is 0.507. The molecule has 0 bridgehead atoms. The normalized spacial score (nSPS) is 13.0. The Labute approximate surface area is 147 Å². The summed E-state index contributed by atoms with van der Waals surface area (Å²) >= 11 is 5.70. The van der Waals surface area contributed by atoms with Gasteiger partial charge in [-0.1, -0.05) is 11.6 Å². The molecule has 0 unspecified atom stereocenters. The molecule has 0 radical (unpaired) electrons. The number of hydrogen-bond donors (Lipinski definition) is 2. The Kier molecular flexibility index (Phi) is 5.36. The molecule has 0 fully saturated rings. The van der Waals surface area contributed by atoms with Gasteiger partial charge in [-0.3, -0.25) is 9.79 Å². The molecule has 0 aliphatic rings. The van der Waals surface area contributed by atoms with Gasteiger partial charge in [0.1, 0.15) is 5.75 Å². The van der Waals surface area contributed by atoms with E-state index in [1.54, 1.807) is 0 Å². The van der Waals surface area contributed by atoms with Crippen molar-refractivity contribution < 1.29 is 45.2 Å². The van der Waals surface area contributed by atoms with Crippen molar-refractivity contribution >= 4 is 19.4 Å². The largest absolute Gasteiger partial charge is 0.524 e. The summed E-state index contributed by atoms with van der Waals surface area (Å²) in [5, 5.41) is -0.0935. The summed E-state index contributed by atoms with van der Waals surface area (Å²) in [7, 11) is -5.13. The first-order chi connectivity index (χ1) is 11.7. The maximum atomic E-state index is 13.0. The van der Waals surface area contributed by atoms with E-state index in [0.717, 1.165) is 18.2 Å². The molecule has 4 nitrogen and oxygen atoms in total. The minimum absolute atomic E-state index is 0.0719. The van der Waals surface area contributed by atoms with Crippen LogP contribution in [-0.2, 0) is 16.9 Å². The SMILES string of the molecule is O=P(O)(O)Oc1ccc(Cl)cc1-c1cc(C(F)(F)F)cc(C(F)(F)F)c1. The van der Waals surface area contributed by atoms with Crippen LogP contribution in [0.25, 0.3) is 11.1 Å². The number of hydrogen-bond acceptors (Lipinski definition) is 2. The summed E-state index contributed by atoms with van der Waals surface area (Å²) < 4.78 is 93.1. The second-order valence-corrected chi connectivity index (χ2v) is 6.62. The minimum Gasteiger partial charge on any atom is -0.404 e. The second kappa shape index (κ2) is 6.77. The molecule has 0 saturated heterocycles. The molecule has 0 aromatic heterocycles. The van der Waals surface area contributed by atoms with E-state index in [-0.39, 0.29) is 11.1 Å². The molecule has 2 rings (SSSR count). The van der Waals surface area contributed by atoms with Gasteiger partial charge in [0.2, 0.25) is 0 Å². The molecule has 2 aromatic rings. The van der Waals surface area contributed by atoms with Crippen molar-refractivity contribution in [2.45, 2.75) is 12.4 Å². The Morgan fingerprint density at radius 3 is 1.81 bits per heavy atom. The zero-order chi connectivity index (χ0) is 19.9. The van der Waals surface area contributed by atoms with E-state index in [0.29, 0.717) is 12.1 Å². The number of halogens is 7. The summed E-state index contributed by atoms with van der Waals surface area (Å²) in [6.45, 7) is 0. The molecule has 26 heavy (non-hydrogen) atoms. The molecule has 2 aromatic carbocycles. The lowest BCUT2D eigenvalue weighted by molar-refractivity contribution is -0.143. The molecule has 0 aliphatic carbocycles. The first kappa shape index (κ1) is 20.6. The van der Waals surface area contributed by atoms with Crippen molar-refractivity contribution in [2.24, 2.45) is 0 Å². The average molecular weight is 421 g/mol. The van der Waals surface area contributed by atoms with E-state index in [2.05, 4.69) is 4.52 Å². The zero-order valence-corrected chi connectivity index (χ0v) is 13.9. The third-order valence-electron chi connectivity index (χ3n) is 3.06. The molecule has 0 amide bonds. The molecule has 0 saturated carbocycles.